The van der Waals surface area contributed by atoms with Crippen LogP contribution >= 0.6 is 0 Å². The van der Waals surface area contributed by atoms with Crippen molar-refractivity contribution in [2.24, 2.45) is 0 Å². The molecule has 0 saturated carbocycles. The minimum Gasteiger partial charge on any atom is -0.465 e. The average molecular weight is 261 g/mol. The molecule has 0 aliphatic carbocycles. The highest BCUT2D eigenvalue weighted by Gasteiger charge is 2.12. The lowest BCUT2D eigenvalue weighted by Gasteiger charge is -2.09. The molecular weight excluding hydrogens is 246 g/mol. The summed E-state index contributed by atoms with van der Waals surface area (Å²) in [5.74, 6) is 0.830. The molecule has 0 bridgehead atoms. The van der Waals surface area contributed by atoms with E-state index in [1.807, 2.05) is 11.5 Å². The number of aromatic nitrogens is 4. The number of carbonyl (C=O) groups excluding carboxylic acids is 1. The van der Waals surface area contributed by atoms with Crippen molar-refractivity contribution in [1.29, 1.82) is 0 Å². The van der Waals surface area contributed by atoms with Crippen LogP contribution in [0, 0.1) is 0 Å². The summed E-state index contributed by atoms with van der Waals surface area (Å²) in [5.41, 5.74) is 0.396. The van der Waals surface area contributed by atoms with E-state index in [0.29, 0.717) is 17.9 Å². The van der Waals surface area contributed by atoms with Crippen molar-refractivity contribution >= 4 is 11.8 Å². The fourth-order valence-electron chi connectivity index (χ4n) is 1.66. The standard InChI is InChI=1S/C12H15N5O2/c1-3-17-8-15-16-10(17)7-14-11-9(12(18)19-2)5-4-6-13-11/h4-6,8H,3,7H2,1-2H3,(H,13,14). The minimum absolute atomic E-state index is 0.396. The van der Waals surface area contributed by atoms with E-state index < -0.39 is 5.97 Å². The van der Waals surface area contributed by atoms with Gasteiger partial charge in [-0.2, -0.15) is 0 Å². The highest BCUT2D eigenvalue weighted by Crippen LogP contribution is 2.13. The quantitative estimate of drug-likeness (QED) is 0.811. The molecular formula is C12H15N5O2. The number of pyridine rings is 1. The Bertz CT molecular complexity index is 567. The lowest BCUT2D eigenvalue weighted by atomic mass is 10.2. The molecule has 7 heteroatoms. The summed E-state index contributed by atoms with van der Waals surface area (Å²) in [6.07, 6.45) is 3.27. The van der Waals surface area contributed by atoms with Crippen LogP contribution in [-0.2, 0) is 17.8 Å². The van der Waals surface area contributed by atoms with Crippen LogP contribution in [-0.4, -0.2) is 32.8 Å². The van der Waals surface area contributed by atoms with Crippen LogP contribution in [0.15, 0.2) is 24.7 Å². The Kier molecular flexibility index (Phi) is 4.07. The Labute approximate surface area is 110 Å². The van der Waals surface area contributed by atoms with Crippen molar-refractivity contribution in [3.63, 3.8) is 0 Å². The van der Waals surface area contributed by atoms with Crippen molar-refractivity contribution in [3.8, 4) is 0 Å². The number of hydrogen-bond donors (Lipinski definition) is 1. The smallest absolute Gasteiger partial charge is 0.341 e. The second-order valence-corrected chi connectivity index (χ2v) is 3.78. The van der Waals surface area contributed by atoms with Gasteiger partial charge in [0.05, 0.1) is 13.7 Å². The molecule has 2 rings (SSSR count). The van der Waals surface area contributed by atoms with Gasteiger partial charge in [-0.25, -0.2) is 9.78 Å². The van der Waals surface area contributed by atoms with Crippen molar-refractivity contribution in [1.82, 2.24) is 19.7 Å². The zero-order valence-corrected chi connectivity index (χ0v) is 10.8. The number of esters is 1. The van der Waals surface area contributed by atoms with Crippen LogP contribution < -0.4 is 5.32 Å². The zero-order chi connectivity index (χ0) is 13.7. The summed E-state index contributed by atoms with van der Waals surface area (Å²) in [4.78, 5) is 15.7. The molecule has 100 valence electrons. The summed E-state index contributed by atoms with van der Waals surface area (Å²) >= 11 is 0. The molecule has 1 N–H and O–H groups in total. The second-order valence-electron chi connectivity index (χ2n) is 3.78. The SMILES string of the molecule is CCn1cnnc1CNc1ncccc1C(=O)OC. The van der Waals surface area contributed by atoms with E-state index in [1.54, 1.807) is 24.7 Å². The van der Waals surface area contributed by atoms with E-state index in [2.05, 4.69) is 20.5 Å². The van der Waals surface area contributed by atoms with Crippen LogP contribution in [0.5, 0.6) is 0 Å². The van der Waals surface area contributed by atoms with Crippen molar-refractivity contribution in [2.75, 3.05) is 12.4 Å². The van der Waals surface area contributed by atoms with E-state index in [9.17, 15) is 4.79 Å². The van der Waals surface area contributed by atoms with E-state index in [4.69, 9.17) is 4.74 Å². The molecule has 0 aliphatic rings. The average Bonchev–Trinajstić information content (AvgIpc) is 2.92. The zero-order valence-electron chi connectivity index (χ0n) is 10.8. The van der Waals surface area contributed by atoms with E-state index in [-0.39, 0.29) is 0 Å². The minimum atomic E-state index is -0.424. The fourth-order valence-corrected chi connectivity index (χ4v) is 1.66. The van der Waals surface area contributed by atoms with Crippen LogP contribution in [0.25, 0.3) is 0 Å². The molecule has 0 amide bonds. The number of carbonyl (C=O) groups is 1. The Morgan fingerprint density at radius 1 is 1.53 bits per heavy atom. The van der Waals surface area contributed by atoms with Gasteiger partial charge in [0, 0.05) is 12.7 Å². The Morgan fingerprint density at radius 3 is 3.11 bits per heavy atom. The number of methoxy groups -OCH3 is 1. The molecule has 0 aliphatic heterocycles. The maximum atomic E-state index is 11.6. The first kappa shape index (κ1) is 13.0. The largest absolute Gasteiger partial charge is 0.465 e. The van der Waals surface area contributed by atoms with Crippen LogP contribution in [0.3, 0.4) is 0 Å². The number of nitrogens with one attached hydrogen (secondary N) is 1. The first-order valence-corrected chi connectivity index (χ1v) is 5.90. The third-order valence-electron chi connectivity index (χ3n) is 2.66. The highest BCUT2D eigenvalue weighted by molar-refractivity contribution is 5.94. The van der Waals surface area contributed by atoms with Crippen molar-refractivity contribution < 1.29 is 9.53 Å². The van der Waals surface area contributed by atoms with E-state index >= 15 is 0 Å². The number of rotatable bonds is 5. The van der Waals surface area contributed by atoms with Crippen LogP contribution in [0.2, 0.25) is 0 Å². The molecule has 0 unspecified atom stereocenters. The van der Waals surface area contributed by atoms with Gasteiger partial charge < -0.3 is 14.6 Å². The first-order valence-electron chi connectivity index (χ1n) is 5.90. The van der Waals surface area contributed by atoms with Crippen LogP contribution in [0.1, 0.15) is 23.1 Å². The predicted molar refractivity (Wildman–Crippen MR) is 68.6 cm³/mol. The molecule has 2 heterocycles. The summed E-state index contributed by atoms with van der Waals surface area (Å²) in [6.45, 7) is 3.23. The third kappa shape index (κ3) is 2.87. The van der Waals surface area contributed by atoms with Gasteiger partial charge in [-0.1, -0.05) is 0 Å². The van der Waals surface area contributed by atoms with Crippen molar-refractivity contribution in [2.45, 2.75) is 20.0 Å². The Morgan fingerprint density at radius 2 is 2.37 bits per heavy atom. The van der Waals surface area contributed by atoms with Gasteiger partial charge in [0.25, 0.3) is 0 Å². The van der Waals surface area contributed by atoms with Gasteiger partial charge >= 0.3 is 5.97 Å². The number of aryl methyl sites for hydroxylation is 1. The fraction of sp³-hybridized carbons (Fsp3) is 0.333. The normalized spacial score (nSPS) is 10.2. The van der Waals surface area contributed by atoms with Gasteiger partial charge in [0.1, 0.15) is 17.7 Å². The molecule has 0 radical (unpaired) electrons. The van der Waals surface area contributed by atoms with Gasteiger partial charge in [0.15, 0.2) is 5.82 Å². The molecule has 2 aromatic rings. The van der Waals surface area contributed by atoms with E-state index in [1.165, 1.54) is 7.11 Å². The summed E-state index contributed by atoms with van der Waals surface area (Å²) in [7, 11) is 1.34. The number of hydrogen-bond acceptors (Lipinski definition) is 6. The predicted octanol–water partition coefficient (Wildman–Crippen LogP) is 1.09. The van der Waals surface area contributed by atoms with Crippen molar-refractivity contribution in [3.05, 3.63) is 36.0 Å². The maximum absolute atomic E-state index is 11.6. The molecule has 0 spiro atoms. The van der Waals surface area contributed by atoms with Gasteiger partial charge in [-0.3, -0.25) is 0 Å². The first-order chi connectivity index (χ1) is 9.26. The Hall–Kier alpha value is -2.44. The summed E-state index contributed by atoms with van der Waals surface area (Å²) < 4.78 is 6.62. The topological polar surface area (TPSA) is 81.9 Å². The maximum Gasteiger partial charge on any atom is 0.341 e. The highest BCUT2D eigenvalue weighted by atomic mass is 16.5. The molecule has 0 atom stereocenters. The number of nitrogens with zero attached hydrogens (tertiary/aromatic N) is 4. The number of anilines is 1. The second kappa shape index (κ2) is 5.94. The lowest BCUT2D eigenvalue weighted by molar-refractivity contribution is 0.0601. The molecule has 0 aromatic carbocycles. The lowest BCUT2D eigenvalue weighted by Crippen LogP contribution is -2.12. The number of ether oxygens (including phenoxy) is 1. The monoisotopic (exact) mass is 261 g/mol. The molecule has 7 nitrogen and oxygen atoms in total. The van der Waals surface area contributed by atoms with Gasteiger partial charge in [-0.05, 0) is 19.1 Å². The van der Waals surface area contributed by atoms with Gasteiger partial charge in [-0.15, -0.1) is 10.2 Å². The Balaban J connectivity index is 2.14. The molecule has 0 saturated heterocycles. The molecule has 0 fully saturated rings. The van der Waals surface area contributed by atoms with E-state index in [0.717, 1.165) is 12.4 Å². The van der Waals surface area contributed by atoms with Crippen LogP contribution in [0.4, 0.5) is 5.82 Å². The summed E-state index contributed by atoms with van der Waals surface area (Å²) in [6, 6.07) is 3.34. The molecule has 19 heavy (non-hydrogen) atoms. The van der Waals surface area contributed by atoms with Gasteiger partial charge in [0.2, 0.25) is 0 Å². The molecule has 2 aromatic heterocycles. The summed E-state index contributed by atoms with van der Waals surface area (Å²) in [5, 5.41) is 10.9. The third-order valence-corrected chi connectivity index (χ3v) is 2.66.